The zero-order chi connectivity index (χ0) is 16.4. The van der Waals surface area contributed by atoms with Crippen molar-refractivity contribution in [2.45, 2.75) is 26.2 Å². The van der Waals surface area contributed by atoms with Gasteiger partial charge in [-0.2, -0.15) is 5.10 Å². The van der Waals surface area contributed by atoms with Crippen LogP contribution in [0.15, 0.2) is 30.3 Å². The van der Waals surface area contributed by atoms with E-state index in [1.807, 2.05) is 24.1 Å². The summed E-state index contributed by atoms with van der Waals surface area (Å²) in [5.74, 6) is 0.794. The molecule has 2 unspecified atom stereocenters. The summed E-state index contributed by atoms with van der Waals surface area (Å²) in [6.45, 7) is 2.87. The first-order valence-electron chi connectivity index (χ1n) is 8.10. The Hall–Kier alpha value is -2.17. The number of halogens is 1. The highest BCUT2D eigenvalue weighted by Gasteiger charge is 2.40. The molecule has 23 heavy (non-hydrogen) atoms. The van der Waals surface area contributed by atoms with Crippen molar-refractivity contribution in [1.82, 2.24) is 15.1 Å². The summed E-state index contributed by atoms with van der Waals surface area (Å²) in [6.07, 6.45) is 2.73. The summed E-state index contributed by atoms with van der Waals surface area (Å²) < 4.78 is 13.2. The maximum Gasteiger partial charge on any atom is 0.225 e. The summed E-state index contributed by atoms with van der Waals surface area (Å²) in [7, 11) is 1.87. The van der Waals surface area contributed by atoms with Crippen LogP contribution in [0.1, 0.15) is 25.5 Å². The normalized spacial score (nSPS) is 19.6. The zero-order valence-corrected chi connectivity index (χ0v) is 13.6. The van der Waals surface area contributed by atoms with Crippen molar-refractivity contribution in [2.24, 2.45) is 11.8 Å². The smallest absolute Gasteiger partial charge is 0.225 e. The number of H-pyrrole nitrogens is 1. The Kier molecular flexibility index (Phi) is 4.46. The predicted octanol–water partition coefficient (Wildman–Crippen LogP) is 3.26. The minimum absolute atomic E-state index is 0.242. The van der Waals surface area contributed by atoms with Gasteiger partial charge in [-0.25, -0.2) is 4.39 Å². The largest absolute Gasteiger partial charge is 0.346 e. The van der Waals surface area contributed by atoms with Gasteiger partial charge in [-0.1, -0.05) is 19.1 Å². The van der Waals surface area contributed by atoms with Crippen LogP contribution in [0.3, 0.4) is 0 Å². The van der Waals surface area contributed by atoms with Gasteiger partial charge in [0, 0.05) is 30.8 Å². The molecule has 1 N–H and O–H groups in total. The Morgan fingerprint density at radius 2 is 2.22 bits per heavy atom. The number of carbonyl (C=O) groups excluding carboxylic acids is 1. The van der Waals surface area contributed by atoms with Crippen LogP contribution in [0.25, 0.3) is 11.3 Å². The number of nitrogens with zero attached hydrogens (tertiary/aromatic N) is 2. The number of rotatable bonds is 6. The van der Waals surface area contributed by atoms with Gasteiger partial charge in [0.05, 0.1) is 5.69 Å². The molecular weight excluding hydrogens is 293 g/mol. The molecule has 1 aromatic carbocycles. The average molecular weight is 315 g/mol. The highest BCUT2D eigenvalue weighted by atomic mass is 19.1. The van der Waals surface area contributed by atoms with E-state index < -0.39 is 0 Å². The lowest BCUT2D eigenvalue weighted by Gasteiger charge is -2.16. The third-order valence-corrected chi connectivity index (χ3v) is 4.49. The number of carbonyl (C=O) groups is 1. The fraction of sp³-hybridized carbons (Fsp3) is 0.444. The maximum absolute atomic E-state index is 13.2. The number of benzene rings is 1. The van der Waals surface area contributed by atoms with Crippen molar-refractivity contribution < 1.29 is 9.18 Å². The molecule has 3 rings (SSSR count). The lowest BCUT2D eigenvalue weighted by atomic mass is 10.1. The van der Waals surface area contributed by atoms with Gasteiger partial charge in [-0.3, -0.25) is 9.89 Å². The molecule has 2 atom stereocenters. The van der Waals surface area contributed by atoms with E-state index in [0.29, 0.717) is 5.92 Å². The molecule has 4 nitrogen and oxygen atoms in total. The van der Waals surface area contributed by atoms with Gasteiger partial charge in [-0.15, -0.1) is 0 Å². The summed E-state index contributed by atoms with van der Waals surface area (Å²) in [6, 6.07) is 8.36. The molecule has 1 saturated carbocycles. The van der Waals surface area contributed by atoms with Crippen LogP contribution < -0.4 is 0 Å². The highest BCUT2D eigenvalue weighted by molar-refractivity contribution is 5.81. The Morgan fingerprint density at radius 1 is 1.43 bits per heavy atom. The second-order valence-corrected chi connectivity index (χ2v) is 6.47. The second kappa shape index (κ2) is 6.52. The predicted molar refractivity (Wildman–Crippen MR) is 87.2 cm³/mol. The number of amides is 1. The van der Waals surface area contributed by atoms with Crippen LogP contribution in [0.4, 0.5) is 4.39 Å². The van der Waals surface area contributed by atoms with Crippen molar-refractivity contribution in [3.8, 4) is 11.3 Å². The van der Waals surface area contributed by atoms with E-state index in [1.54, 1.807) is 6.07 Å². The van der Waals surface area contributed by atoms with E-state index in [9.17, 15) is 9.18 Å². The standard InChI is InChI=1S/C18H22FN3O/c1-12-9-16(12)18(23)22(2)8-4-7-15-11-17(21-20-15)13-5-3-6-14(19)10-13/h3,5-6,10-12,16H,4,7-9H2,1-2H3,(H,20,21). The van der Waals surface area contributed by atoms with Crippen LogP contribution >= 0.6 is 0 Å². The summed E-state index contributed by atoms with van der Waals surface area (Å²) in [5, 5.41) is 7.23. The third kappa shape index (κ3) is 3.78. The van der Waals surface area contributed by atoms with Gasteiger partial charge >= 0.3 is 0 Å². The van der Waals surface area contributed by atoms with Crippen LogP contribution in [-0.2, 0) is 11.2 Å². The molecule has 5 heteroatoms. The fourth-order valence-electron chi connectivity index (χ4n) is 2.85. The number of aromatic nitrogens is 2. The zero-order valence-electron chi connectivity index (χ0n) is 13.6. The van der Waals surface area contributed by atoms with Gasteiger partial charge in [-0.05, 0) is 43.4 Å². The quantitative estimate of drug-likeness (QED) is 0.889. The molecule has 1 fully saturated rings. The average Bonchev–Trinajstić information content (AvgIpc) is 3.07. The molecule has 1 amide bonds. The van der Waals surface area contributed by atoms with Gasteiger partial charge in [0.1, 0.15) is 5.82 Å². The minimum Gasteiger partial charge on any atom is -0.346 e. The Balaban J connectivity index is 1.50. The fourth-order valence-corrected chi connectivity index (χ4v) is 2.85. The number of aromatic amines is 1. The van der Waals surface area contributed by atoms with Crippen LogP contribution in [0.2, 0.25) is 0 Å². The van der Waals surface area contributed by atoms with Crippen molar-refractivity contribution in [3.05, 3.63) is 41.8 Å². The van der Waals surface area contributed by atoms with E-state index in [2.05, 4.69) is 17.1 Å². The molecule has 0 bridgehead atoms. The molecule has 0 aliphatic heterocycles. The van der Waals surface area contributed by atoms with E-state index in [4.69, 9.17) is 0 Å². The Morgan fingerprint density at radius 3 is 2.91 bits per heavy atom. The number of hydrogen-bond acceptors (Lipinski definition) is 2. The minimum atomic E-state index is -0.263. The van der Waals surface area contributed by atoms with E-state index in [-0.39, 0.29) is 17.6 Å². The molecule has 1 aliphatic rings. The molecular formula is C18H22FN3O. The maximum atomic E-state index is 13.2. The summed E-state index contributed by atoms with van der Waals surface area (Å²) >= 11 is 0. The van der Waals surface area contributed by atoms with Crippen molar-refractivity contribution in [1.29, 1.82) is 0 Å². The molecule has 0 radical (unpaired) electrons. The van der Waals surface area contributed by atoms with Crippen molar-refractivity contribution >= 4 is 5.91 Å². The number of aryl methyl sites for hydroxylation is 1. The monoisotopic (exact) mass is 315 g/mol. The molecule has 122 valence electrons. The SMILES string of the molecule is CC1CC1C(=O)N(C)CCCc1cc(-c2cccc(F)c2)n[nH]1. The molecule has 2 aromatic rings. The van der Waals surface area contributed by atoms with Gasteiger partial charge in [0.15, 0.2) is 0 Å². The first kappa shape index (κ1) is 15.7. The first-order chi connectivity index (χ1) is 11.0. The van der Waals surface area contributed by atoms with E-state index >= 15 is 0 Å². The van der Waals surface area contributed by atoms with Crippen LogP contribution in [-0.4, -0.2) is 34.6 Å². The third-order valence-electron chi connectivity index (χ3n) is 4.49. The molecule has 0 saturated heterocycles. The van der Waals surface area contributed by atoms with Gasteiger partial charge in [0.25, 0.3) is 0 Å². The number of hydrogen-bond donors (Lipinski definition) is 1. The van der Waals surface area contributed by atoms with E-state index in [0.717, 1.165) is 42.8 Å². The van der Waals surface area contributed by atoms with Crippen LogP contribution in [0, 0.1) is 17.7 Å². The molecule has 1 heterocycles. The lowest BCUT2D eigenvalue weighted by Crippen LogP contribution is -2.29. The molecule has 1 aromatic heterocycles. The summed E-state index contributed by atoms with van der Waals surface area (Å²) in [5.41, 5.74) is 2.52. The highest BCUT2D eigenvalue weighted by Crippen LogP contribution is 2.38. The molecule has 0 spiro atoms. The number of nitrogens with one attached hydrogen (secondary N) is 1. The van der Waals surface area contributed by atoms with Gasteiger partial charge in [0.2, 0.25) is 5.91 Å². The van der Waals surface area contributed by atoms with Crippen molar-refractivity contribution in [2.75, 3.05) is 13.6 Å². The second-order valence-electron chi connectivity index (χ2n) is 6.47. The Labute approximate surface area is 135 Å². The summed E-state index contributed by atoms with van der Waals surface area (Å²) in [4.78, 5) is 13.9. The van der Waals surface area contributed by atoms with Crippen LogP contribution in [0.5, 0.6) is 0 Å². The van der Waals surface area contributed by atoms with Crippen molar-refractivity contribution in [3.63, 3.8) is 0 Å². The lowest BCUT2D eigenvalue weighted by molar-refractivity contribution is -0.131. The molecule has 1 aliphatic carbocycles. The van der Waals surface area contributed by atoms with E-state index in [1.165, 1.54) is 12.1 Å². The first-order valence-corrected chi connectivity index (χ1v) is 8.10. The topological polar surface area (TPSA) is 49.0 Å². The van der Waals surface area contributed by atoms with Gasteiger partial charge < -0.3 is 4.90 Å². The Bertz CT molecular complexity index is 697.